The molecule has 0 aromatic heterocycles. The summed E-state index contributed by atoms with van der Waals surface area (Å²) in [5.41, 5.74) is 1.10. The summed E-state index contributed by atoms with van der Waals surface area (Å²) in [5, 5.41) is 0. The standard InChI is InChI=1S/C18H28N2O2.ClH/c1-4-18(22-16-11-7-6-10-15(16)3)20(5-2)17(21)14-19-12-8-9-13-19;/h6-7,10-11,18H,4-5,8-9,12-14H2,1-3H3;1H. The zero-order valence-corrected chi connectivity index (χ0v) is 15.3. The highest BCUT2D eigenvalue weighted by molar-refractivity contribution is 5.85. The van der Waals surface area contributed by atoms with Crippen molar-refractivity contribution in [1.29, 1.82) is 0 Å². The number of ether oxygens (including phenoxy) is 1. The largest absolute Gasteiger partial charge is 0.470 e. The highest BCUT2D eigenvalue weighted by Gasteiger charge is 2.25. The topological polar surface area (TPSA) is 32.8 Å². The van der Waals surface area contributed by atoms with E-state index in [1.807, 2.05) is 43.0 Å². The predicted molar refractivity (Wildman–Crippen MR) is 96.2 cm³/mol. The fourth-order valence-corrected chi connectivity index (χ4v) is 2.97. The van der Waals surface area contributed by atoms with Gasteiger partial charge in [0.1, 0.15) is 5.75 Å². The maximum atomic E-state index is 12.6. The molecule has 130 valence electrons. The molecule has 1 unspecified atom stereocenters. The molecule has 1 saturated heterocycles. The van der Waals surface area contributed by atoms with Gasteiger partial charge in [-0.3, -0.25) is 9.69 Å². The number of hydrogen-bond acceptors (Lipinski definition) is 3. The van der Waals surface area contributed by atoms with Crippen LogP contribution in [0.5, 0.6) is 5.75 Å². The molecule has 0 radical (unpaired) electrons. The fourth-order valence-electron chi connectivity index (χ4n) is 2.97. The number of hydrogen-bond donors (Lipinski definition) is 0. The van der Waals surface area contributed by atoms with E-state index in [0.717, 1.165) is 30.8 Å². The van der Waals surface area contributed by atoms with Crippen LogP contribution in [0, 0.1) is 6.92 Å². The second-order valence-corrected chi connectivity index (χ2v) is 5.91. The number of para-hydroxylation sites is 1. The minimum absolute atomic E-state index is 0. The van der Waals surface area contributed by atoms with Crippen LogP contribution in [0.25, 0.3) is 0 Å². The van der Waals surface area contributed by atoms with Gasteiger partial charge in [0.2, 0.25) is 5.91 Å². The highest BCUT2D eigenvalue weighted by Crippen LogP contribution is 2.20. The van der Waals surface area contributed by atoms with Crippen molar-refractivity contribution in [3.63, 3.8) is 0 Å². The Bertz CT molecular complexity index is 490. The molecule has 1 heterocycles. The fraction of sp³-hybridized carbons (Fsp3) is 0.611. The van der Waals surface area contributed by atoms with Crippen LogP contribution < -0.4 is 4.74 Å². The molecular weight excluding hydrogens is 312 g/mol. The Morgan fingerprint density at radius 3 is 2.48 bits per heavy atom. The van der Waals surface area contributed by atoms with Crippen molar-refractivity contribution in [2.45, 2.75) is 46.3 Å². The van der Waals surface area contributed by atoms with Crippen LogP contribution in [0.1, 0.15) is 38.7 Å². The van der Waals surface area contributed by atoms with Crippen LogP contribution in [-0.4, -0.2) is 48.1 Å². The van der Waals surface area contributed by atoms with Gasteiger partial charge < -0.3 is 9.64 Å². The van der Waals surface area contributed by atoms with Gasteiger partial charge in [-0.05, 0) is 51.4 Å². The lowest BCUT2D eigenvalue weighted by Gasteiger charge is -2.32. The monoisotopic (exact) mass is 340 g/mol. The zero-order chi connectivity index (χ0) is 15.9. The average molecular weight is 341 g/mol. The summed E-state index contributed by atoms with van der Waals surface area (Å²) < 4.78 is 6.12. The van der Waals surface area contributed by atoms with Crippen LogP contribution in [0.4, 0.5) is 0 Å². The van der Waals surface area contributed by atoms with E-state index >= 15 is 0 Å². The molecule has 1 aromatic carbocycles. The Morgan fingerprint density at radius 2 is 1.91 bits per heavy atom. The predicted octanol–water partition coefficient (Wildman–Crippen LogP) is 3.48. The third kappa shape index (κ3) is 5.40. The second-order valence-electron chi connectivity index (χ2n) is 5.91. The first-order valence-corrected chi connectivity index (χ1v) is 8.39. The van der Waals surface area contributed by atoms with E-state index in [-0.39, 0.29) is 24.5 Å². The summed E-state index contributed by atoms with van der Waals surface area (Å²) >= 11 is 0. The van der Waals surface area contributed by atoms with Gasteiger partial charge in [0.15, 0.2) is 6.23 Å². The Balaban J connectivity index is 0.00000264. The molecule has 1 fully saturated rings. The van der Waals surface area contributed by atoms with Crippen LogP contribution in [-0.2, 0) is 4.79 Å². The molecule has 1 aliphatic rings. The molecule has 2 rings (SSSR count). The lowest BCUT2D eigenvalue weighted by Crippen LogP contribution is -2.47. The van der Waals surface area contributed by atoms with Crippen LogP contribution in [0.2, 0.25) is 0 Å². The first-order valence-electron chi connectivity index (χ1n) is 8.39. The van der Waals surface area contributed by atoms with E-state index in [0.29, 0.717) is 13.1 Å². The third-order valence-electron chi connectivity index (χ3n) is 4.27. The molecule has 0 saturated carbocycles. The summed E-state index contributed by atoms with van der Waals surface area (Å²) in [6.07, 6.45) is 3.00. The molecule has 5 heteroatoms. The molecule has 1 amide bonds. The van der Waals surface area contributed by atoms with E-state index in [1.54, 1.807) is 0 Å². The SMILES string of the molecule is CCC(Oc1ccccc1C)N(CC)C(=O)CN1CCCC1.Cl. The molecule has 1 aliphatic heterocycles. The van der Waals surface area contributed by atoms with E-state index < -0.39 is 0 Å². The first kappa shape index (κ1) is 19.8. The lowest BCUT2D eigenvalue weighted by molar-refractivity contribution is -0.140. The molecule has 0 N–H and O–H groups in total. The number of halogens is 1. The molecule has 1 atom stereocenters. The summed E-state index contributed by atoms with van der Waals surface area (Å²) in [4.78, 5) is 16.7. The van der Waals surface area contributed by atoms with E-state index in [4.69, 9.17) is 4.74 Å². The number of likely N-dealkylation sites (tertiary alicyclic amines) is 1. The number of carbonyl (C=O) groups is 1. The quantitative estimate of drug-likeness (QED) is 0.712. The van der Waals surface area contributed by atoms with E-state index in [9.17, 15) is 4.79 Å². The smallest absolute Gasteiger partial charge is 0.239 e. The van der Waals surface area contributed by atoms with Crippen molar-refractivity contribution in [2.24, 2.45) is 0 Å². The van der Waals surface area contributed by atoms with Gasteiger partial charge >= 0.3 is 0 Å². The van der Waals surface area contributed by atoms with Gasteiger partial charge in [0.25, 0.3) is 0 Å². The van der Waals surface area contributed by atoms with Crippen molar-refractivity contribution >= 4 is 18.3 Å². The number of nitrogens with zero attached hydrogens (tertiary/aromatic N) is 2. The van der Waals surface area contributed by atoms with Gasteiger partial charge in [-0.1, -0.05) is 25.1 Å². The van der Waals surface area contributed by atoms with Crippen LogP contribution in [0.3, 0.4) is 0 Å². The molecule has 0 spiro atoms. The summed E-state index contributed by atoms with van der Waals surface area (Å²) in [7, 11) is 0. The van der Waals surface area contributed by atoms with E-state index in [2.05, 4.69) is 11.8 Å². The Kier molecular flexibility index (Phi) is 8.42. The molecule has 23 heavy (non-hydrogen) atoms. The van der Waals surface area contributed by atoms with Crippen molar-refractivity contribution < 1.29 is 9.53 Å². The summed E-state index contributed by atoms with van der Waals surface area (Å²) in [6, 6.07) is 7.97. The Hall–Kier alpha value is -1.26. The van der Waals surface area contributed by atoms with Crippen molar-refractivity contribution in [2.75, 3.05) is 26.2 Å². The third-order valence-corrected chi connectivity index (χ3v) is 4.27. The van der Waals surface area contributed by atoms with Crippen molar-refractivity contribution in [1.82, 2.24) is 9.80 Å². The maximum Gasteiger partial charge on any atom is 0.239 e. The number of rotatable bonds is 7. The summed E-state index contributed by atoms with van der Waals surface area (Å²) in [6.45, 7) is 9.39. The van der Waals surface area contributed by atoms with Gasteiger partial charge in [-0.25, -0.2) is 0 Å². The van der Waals surface area contributed by atoms with Crippen LogP contribution in [0.15, 0.2) is 24.3 Å². The maximum absolute atomic E-state index is 12.6. The number of likely N-dealkylation sites (N-methyl/N-ethyl adjacent to an activating group) is 1. The van der Waals surface area contributed by atoms with E-state index in [1.165, 1.54) is 12.8 Å². The molecular formula is C18H29ClN2O2. The minimum Gasteiger partial charge on any atom is -0.470 e. The lowest BCUT2D eigenvalue weighted by atomic mass is 10.2. The minimum atomic E-state index is -0.193. The van der Waals surface area contributed by atoms with Gasteiger partial charge in [0.05, 0.1) is 6.54 Å². The van der Waals surface area contributed by atoms with Gasteiger partial charge in [0, 0.05) is 13.0 Å². The van der Waals surface area contributed by atoms with Gasteiger partial charge in [-0.2, -0.15) is 0 Å². The molecule has 0 aliphatic carbocycles. The Labute approximate surface area is 146 Å². The first-order chi connectivity index (χ1) is 10.7. The highest BCUT2D eigenvalue weighted by atomic mass is 35.5. The second kappa shape index (κ2) is 9.78. The normalized spacial score (nSPS) is 15.8. The molecule has 0 bridgehead atoms. The zero-order valence-electron chi connectivity index (χ0n) is 14.5. The van der Waals surface area contributed by atoms with Crippen LogP contribution >= 0.6 is 12.4 Å². The number of benzene rings is 1. The van der Waals surface area contributed by atoms with Crippen molar-refractivity contribution in [3.05, 3.63) is 29.8 Å². The Morgan fingerprint density at radius 1 is 1.26 bits per heavy atom. The van der Waals surface area contributed by atoms with Gasteiger partial charge in [-0.15, -0.1) is 12.4 Å². The summed E-state index contributed by atoms with van der Waals surface area (Å²) in [5.74, 6) is 1.03. The molecule has 1 aromatic rings. The number of amides is 1. The average Bonchev–Trinajstić information content (AvgIpc) is 3.01. The number of aryl methyl sites for hydroxylation is 1. The van der Waals surface area contributed by atoms with Crippen molar-refractivity contribution in [3.8, 4) is 5.75 Å². The molecule has 4 nitrogen and oxygen atoms in total. The number of carbonyl (C=O) groups excluding carboxylic acids is 1.